The number of nitrogen functional groups attached to an aromatic ring is 1. The van der Waals surface area contributed by atoms with Crippen molar-refractivity contribution in [2.75, 3.05) is 12.3 Å². The zero-order valence-corrected chi connectivity index (χ0v) is 11.7. The standard InChI is InChI=1S/C15H13N3O4/c1-2-21-15(20)11-12(19)10(22-13(11)16)6-8-7-18-14-9(8)4-3-5-17-14/h3-7,19H,2,16H2,1H3. The van der Waals surface area contributed by atoms with Crippen LogP contribution in [0.15, 0.2) is 27.7 Å². The molecule has 7 heteroatoms. The highest BCUT2D eigenvalue weighted by Gasteiger charge is 2.25. The first-order valence-corrected chi connectivity index (χ1v) is 6.61. The maximum absolute atomic E-state index is 11.8. The van der Waals surface area contributed by atoms with Crippen LogP contribution < -0.4 is 5.73 Å². The van der Waals surface area contributed by atoms with Gasteiger partial charge < -0.3 is 20.0 Å². The molecule has 2 aromatic heterocycles. The van der Waals surface area contributed by atoms with Crippen molar-refractivity contribution >= 4 is 35.5 Å². The van der Waals surface area contributed by atoms with Gasteiger partial charge in [0.05, 0.1) is 6.61 Å². The normalized spacial score (nSPS) is 14.3. The van der Waals surface area contributed by atoms with E-state index in [2.05, 4.69) is 9.98 Å². The zero-order valence-electron chi connectivity index (χ0n) is 11.7. The second-order valence-corrected chi connectivity index (χ2v) is 4.51. The summed E-state index contributed by atoms with van der Waals surface area (Å²) in [6.45, 7) is 1.83. The minimum Gasteiger partial charge on any atom is -0.504 e. The number of ether oxygens (including phenoxy) is 1. The van der Waals surface area contributed by atoms with Crippen LogP contribution in [-0.2, 0) is 4.74 Å². The Morgan fingerprint density at radius 3 is 3.14 bits per heavy atom. The molecule has 0 saturated carbocycles. The van der Waals surface area contributed by atoms with E-state index in [1.54, 1.807) is 31.5 Å². The molecule has 0 bridgehead atoms. The van der Waals surface area contributed by atoms with E-state index in [9.17, 15) is 9.90 Å². The Morgan fingerprint density at radius 2 is 2.36 bits per heavy atom. The van der Waals surface area contributed by atoms with E-state index in [0.717, 1.165) is 5.56 Å². The predicted octanol–water partition coefficient (Wildman–Crippen LogP) is 2.40. The molecule has 2 aromatic rings. The first-order valence-electron chi connectivity index (χ1n) is 6.61. The van der Waals surface area contributed by atoms with Gasteiger partial charge in [0, 0.05) is 23.5 Å². The van der Waals surface area contributed by atoms with Gasteiger partial charge in [-0.05, 0) is 25.1 Å². The second-order valence-electron chi connectivity index (χ2n) is 4.51. The van der Waals surface area contributed by atoms with Gasteiger partial charge in [-0.25, -0.2) is 14.8 Å². The van der Waals surface area contributed by atoms with Crippen LogP contribution in [0.4, 0.5) is 11.7 Å². The first-order chi connectivity index (χ1) is 10.6. The van der Waals surface area contributed by atoms with E-state index in [-0.39, 0.29) is 29.6 Å². The number of aromatic nitrogens is 1. The minimum atomic E-state index is -0.729. The van der Waals surface area contributed by atoms with E-state index in [4.69, 9.17) is 14.9 Å². The molecule has 0 amide bonds. The summed E-state index contributed by atoms with van der Waals surface area (Å²) < 4.78 is 10.1. The molecule has 0 unspecified atom stereocenters. The number of hydrogen-bond donors (Lipinski definition) is 2. The summed E-state index contributed by atoms with van der Waals surface area (Å²) in [6, 6.07) is 3.62. The monoisotopic (exact) mass is 299 g/mol. The van der Waals surface area contributed by atoms with Crippen LogP contribution >= 0.6 is 0 Å². The van der Waals surface area contributed by atoms with Crippen molar-refractivity contribution in [1.29, 1.82) is 0 Å². The van der Waals surface area contributed by atoms with Crippen LogP contribution in [0.25, 0.3) is 11.6 Å². The SMILES string of the molecule is CCOC(=O)c1c(N)oc(C=C2C=Nc3ncccc32)c1O. The second kappa shape index (κ2) is 5.36. The largest absolute Gasteiger partial charge is 0.504 e. The van der Waals surface area contributed by atoms with Gasteiger partial charge in [0.1, 0.15) is 0 Å². The molecule has 0 saturated heterocycles. The van der Waals surface area contributed by atoms with Crippen molar-refractivity contribution in [3.63, 3.8) is 0 Å². The number of pyridine rings is 1. The average Bonchev–Trinajstić information content (AvgIpc) is 3.02. The summed E-state index contributed by atoms with van der Waals surface area (Å²) in [7, 11) is 0. The number of aliphatic imine (C=N–C) groups is 1. The van der Waals surface area contributed by atoms with E-state index in [1.807, 2.05) is 6.07 Å². The summed E-state index contributed by atoms with van der Waals surface area (Å²) in [5.41, 5.74) is 6.97. The fraction of sp³-hybridized carbons (Fsp3) is 0.133. The number of rotatable bonds is 3. The summed E-state index contributed by atoms with van der Waals surface area (Å²) in [6.07, 6.45) is 4.78. The van der Waals surface area contributed by atoms with Crippen molar-refractivity contribution in [2.24, 2.45) is 4.99 Å². The van der Waals surface area contributed by atoms with Gasteiger partial charge in [-0.15, -0.1) is 0 Å². The number of furan rings is 1. The van der Waals surface area contributed by atoms with E-state index in [1.165, 1.54) is 0 Å². The van der Waals surface area contributed by atoms with Gasteiger partial charge >= 0.3 is 5.97 Å². The lowest BCUT2D eigenvalue weighted by Crippen LogP contribution is -2.06. The number of nitrogens with zero attached hydrogens (tertiary/aromatic N) is 2. The van der Waals surface area contributed by atoms with Gasteiger partial charge in [-0.3, -0.25) is 0 Å². The number of allylic oxidation sites excluding steroid dienone is 1. The van der Waals surface area contributed by atoms with E-state index in [0.29, 0.717) is 11.4 Å². The van der Waals surface area contributed by atoms with Gasteiger partial charge in [0.15, 0.2) is 22.9 Å². The lowest BCUT2D eigenvalue weighted by Gasteiger charge is -1.99. The van der Waals surface area contributed by atoms with Gasteiger partial charge in [-0.1, -0.05) is 0 Å². The molecule has 112 valence electrons. The van der Waals surface area contributed by atoms with Crippen LogP contribution in [-0.4, -0.2) is 28.9 Å². The van der Waals surface area contributed by atoms with E-state index >= 15 is 0 Å². The van der Waals surface area contributed by atoms with Crippen LogP contribution in [0, 0.1) is 0 Å². The Bertz CT molecular complexity index is 805. The third-order valence-electron chi connectivity index (χ3n) is 3.13. The molecular weight excluding hydrogens is 286 g/mol. The molecule has 0 radical (unpaired) electrons. The molecule has 22 heavy (non-hydrogen) atoms. The van der Waals surface area contributed by atoms with Crippen LogP contribution in [0.5, 0.6) is 5.75 Å². The summed E-state index contributed by atoms with van der Waals surface area (Å²) in [5, 5.41) is 10.1. The quantitative estimate of drug-likeness (QED) is 0.842. The third-order valence-corrected chi connectivity index (χ3v) is 3.13. The van der Waals surface area contributed by atoms with Gasteiger partial charge in [0.2, 0.25) is 5.88 Å². The Morgan fingerprint density at radius 1 is 1.55 bits per heavy atom. The topological polar surface area (TPSA) is 111 Å². The van der Waals surface area contributed by atoms with Crippen LogP contribution in [0.2, 0.25) is 0 Å². The lowest BCUT2D eigenvalue weighted by atomic mass is 10.1. The highest BCUT2D eigenvalue weighted by Crippen LogP contribution is 2.36. The van der Waals surface area contributed by atoms with Gasteiger partial charge in [0.25, 0.3) is 0 Å². The first kappa shape index (κ1) is 13.9. The smallest absolute Gasteiger partial charge is 0.347 e. The number of hydrogen-bond acceptors (Lipinski definition) is 7. The molecule has 0 aromatic carbocycles. The molecule has 0 atom stereocenters. The highest BCUT2D eigenvalue weighted by molar-refractivity contribution is 6.21. The Balaban J connectivity index is 2.02. The fourth-order valence-corrected chi connectivity index (χ4v) is 2.14. The van der Waals surface area contributed by atoms with Crippen LogP contribution in [0.1, 0.15) is 28.6 Å². The summed E-state index contributed by atoms with van der Waals surface area (Å²) >= 11 is 0. The zero-order chi connectivity index (χ0) is 15.7. The number of fused-ring (bicyclic) bond motifs is 1. The molecule has 3 rings (SSSR count). The molecular formula is C15H13N3O4. The fourth-order valence-electron chi connectivity index (χ4n) is 2.14. The van der Waals surface area contributed by atoms with Crippen molar-refractivity contribution < 1.29 is 19.1 Å². The highest BCUT2D eigenvalue weighted by atomic mass is 16.5. The molecule has 3 heterocycles. The Kier molecular flexibility index (Phi) is 3.38. The van der Waals surface area contributed by atoms with Crippen molar-refractivity contribution in [1.82, 2.24) is 4.98 Å². The molecule has 7 nitrogen and oxygen atoms in total. The molecule has 3 N–H and O–H groups in total. The lowest BCUT2D eigenvalue weighted by molar-refractivity contribution is 0.0524. The average molecular weight is 299 g/mol. The minimum absolute atomic E-state index is 0.0682. The number of carbonyl (C=O) groups excluding carboxylic acids is 1. The maximum Gasteiger partial charge on any atom is 0.347 e. The van der Waals surface area contributed by atoms with Crippen molar-refractivity contribution in [3.05, 3.63) is 35.2 Å². The number of anilines is 1. The third kappa shape index (κ3) is 2.22. The maximum atomic E-state index is 11.8. The van der Waals surface area contributed by atoms with Crippen molar-refractivity contribution in [2.45, 2.75) is 6.92 Å². The molecule has 1 aliphatic heterocycles. The molecule has 0 aliphatic carbocycles. The number of carbonyl (C=O) groups is 1. The van der Waals surface area contributed by atoms with Crippen molar-refractivity contribution in [3.8, 4) is 5.75 Å². The Hall–Kier alpha value is -3.09. The van der Waals surface area contributed by atoms with Crippen LogP contribution in [0.3, 0.4) is 0 Å². The predicted molar refractivity (Wildman–Crippen MR) is 81.0 cm³/mol. The summed E-state index contributed by atoms with van der Waals surface area (Å²) in [4.78, 5) is 20.0. The summed E-state index contributed by atoms with van der Waals surface area (Å²) in [5.74, 6) is -0.622. The Labute approximate surface area is 125 Å². The number of nitrogens with two attached hydrogens (primary N) is 1. The molecule has 1 aliphatic rings. The number of esters is 1. The van der Waals surface area contributed by atoms with E-state index < -0.39 is 5.97 Å². The molecule has 0 spiro atoms. The molecule has 0 fully saturated rings. The van der Waals surface area contributed by atoms with Gasteiger partial charge in [-0.2, -0.15) is 0 Å². The number of aromatic hydroxyl groups is 1.